The molecule has 9 heteroatoms. The standard InChI is InChI=1S/C12H18N6O2S/c1-8(2)13-7-10-9(3)15-17-12(10)21(19,20)18-11-5-4-6-14-16-11/h4-6,8,13H,7H2,1-3H3,(H,15,17)(H,16,18). The Morgan fingerprint density at radius 2 is 2.14 bits per heavy atom. The Bertz CT molecular complexity index is 696. The van der Waals surface area contributed by atoms with Crippen molar-refractivity contribution in [3.05, 3.63) is 29.6 Å². The average Bonchev–Trinajstić information content (AvgIpc) is 2.79. The molecule has 0 saturated carbocycles. The summed E-state index contributed by atoms with van der Waals surface area (Å²) < 4.78 is 27.1. The minimum absolute atomic E-state index is 0.0289. The second-order valence-electron chi connectivity index (χ2n) is 4.88. The highest BCUT2D eigenvalue weighted by atomic mass is 32.2. The first kappa shape index (κ1) is 15.4. The molecule has 0 aliphatic carbocycles. The number of aryl methyl sites for hydroxylation is 1. The van der Waals surface area contributed by atoms with Gasteiger partial charge in [0.15, 0.2) is 5.82 Å². The Labute approximate surface area is 123 Å². The fraction of sp³-hybridized carbons (Fsp3) is 0.417. The van der Waals surface area contributed by atoms with Crippen LogP contribution in [0, 0.1) is 6.92 Å². The van der Waals surface area contributed by atoms with Crippen molar-refractivity contribution >= 4 is 15.8 Å². The molecule has 0 aliphatic heterocycles. The van der Waals surface area contributed by atoms with Gasteiger partial charge in [-0.15, -0.1) is 5.10 Å². The summed E-state index contributed by atoms with van der Waals surface area (Å²) >= 11 is 0. The molecule has 3 N–H and O–H groups in total. The number of aromatic amines is 1. The molecule has 0 bridgehead atoms. The zero-order chi connectivity index (χ0) is 15.5. The fourth-order valence-electron chi connectivity index (χ4n) is 1.71. The molecule has 21 heavy (non-hydrogen) atoms. The lowest BCUT2D eigenvalue weighted by atomic mass is 10.2. The van der Waals surface area contributed by atoms with Crippen molar-refractivity contribution in [2.24, 2.45) is 0 Å². The lowest BCUT2D eigenvalue weighted by molar-refractivity contribution is 0.573. The van der Waals surface area contributed by atoms with Gasteiger partial charge in [0.25, 0.3) is 10.0 Å². The number of hydrogen-bond acceptors (Lipinski definition) is 6. The number of sulfonamides is 1. The molecular formula is C12H18N6O2S. The zero-order valence-electron chi connectivity index (χ0n) is 12.1. The summed E-state index contributed by atoms with van der Waals surface area (Å²) in [5.74, 6) is 0.154. The maximum atomic E-state index is 12.4. The summed E-state index contributed by atoms with van der Waals surface area (Å²) in [6.45, 7) is 6.17. The molecule has 2 rings (SSSR count). The number of anilines is 1. The van der Waals surface area contributed by atoms with Gasteiger partial charge in [-0.25, -0.2) is 0 Å². The van der Waals surface area contributed by atoms with E-state index in [4.69, 9.17) is 0 Å². The van der Waals surface area contributed by atoms with Crippen LogP contribution in [-0.2, 0) is 16.6 Å². The minimum Gasteiger partial charge on any atom is -0.310 e. The Kier molecular flexibility index (Phi) is 4.53. The van der Waals surface area contributed by atoms with E-state index in [2.05, 4.69) is 30.4 Å². The lowest BCUT2D eigenvalue weighted by Crippen LogP contribution is -2.24. The van der Waals surface area contributed by atoms with Gasteiger partial charge in [-0.05, 0) is 19.1 Å². The normalized spacial score (nSPS) is 11.8. The fourth-order valence-corrected chi connectivity index (χ4v) is 2.90. The van der Waals surface area contributed by atoms with Crippen LogP contribution in [0.2, 0.25) is 0 Å². The van der Waals surface area contributed by atoms with Crippen LogP contribution in [0.4, 0.5) is 5.82 Å². The molecule has 0 fully saturated rings. The third-order valence-corrected chi connectivity index (χ3v) is 4.11. The summed E-state index contributed by atoms with van der Waals surface area (Å²) in [5.41, 5.74) is 1.32. The molecule has 2 heterocycles. The average molecular weight is 310 g/mol. The van der Waals surface area contributed by atoms with Gasteiger partial charge < -0.3 is 5.32 Å². The van der Waals surface area contributed by atoms with Crippen molar-refractivity contribution in [1.29, 1.82) is 0 Å². The second-order valence-corrected chi connectivity index (χ2v) is 6.48. The van der Waals surface area contributed by atoms with E-state index in [1.807, 2.05) is 13.8 Å². The molecule has 0 atom stereocenters. The third kappa shape index (κ3) is 3.76. The van der Waals surface area contributed by atoms with Crippen molar-refractivity contribution in [2.45, 2.75) is 38.4 Å². The molecule has 0 spiro atoms. The van der Waals surface area contributed by atoms with E-state index in [0.717, 1.165) is 0 Å². The molecule has 0 aliphatic rings. The van der Waals surface area contributed by atoms with Crippen LogP contribution in [0.1, 0.15) is 25.1 Å². The zero-order valence-corrected chi connectivity index (χ0v) is 12.9. The number of aromatic nitrogens is 4. The maximum absolute atomic E-state index is 12.4. The van der Waals surface area contributed by atoms with Gasteiger partial charge in [-0.1, -0.05) is 13.8 Å². The lowest BCUT2D eigenvalue weighted by Gasteiger charge is -2.10. The molecule has 0 saturated heterocycles. The Balaban J connectivity index is 2.28. The van der Waals surface area contributed by atoms with Crippen LogP contribution in [0.3, 0.4) is 0 Å². The molecule has 114 valence electrons. The van der Waals surface area contributed by atoms with E-state index in [0.29, 0.717) is 17.8 Å². The number of rotatable bonds is 6. The molecular weight excluding hydrogens is 292 g/mol. The first-order valence-corrected chi connectivity index (χ1v) is 7.96. The summed E-state index contributed by atoms with van der Waals surface area (Å²) in [4.78, 5) is 0. The Hall–Kier alpha value is -2.00. The molecule has 2 aromatic rings. The monoisotopic (exact) mass is 310 g/mol. The van der Waals surface area contributed by atoms with E-state index in [9.17, 15) is 8.42 Å². The Morgan fingerprint density at radius 1 is 1.38 bits per heavy atom. The highest BCUT2D eigenvalue weighted by Crippen LogP contribution is 2.18. The first-order valence-electron chi connectivity index (χ1n) is 6.48. The highest BCUT2D eigenvalue weighted by Gasteiger charge is 2.24. The van der Waals surface area contributed by atoms with Gasteiger partial charge in [0.2, 0.25) is 5.03 Å². The van der Waals surface area contributed by atoms with Crippen LogP contribution in [0.25, 0.3) is 0 Å². The van der Waals surface area contributed by atoms with Crippen molar-refractivity contribution in [1.82, 2.24) is 25.7 Å². The maximum Gasteiger partial charge on any atom is 0.282 e. The van der Waals surface area contributed by atoms with E-state index < -0.39 is 10.0 Å². The summed E-state index contributed by atoms with van der Waals surface area (Å²) in [6.07, 6.45) is 1.47. The van der Waals surface area contributed by atoms with Crippen molar-refractivity contribution < 1.29 is 8.42 Å². The smallest absolute Gasteiger partial charge is 0.282 e. The number of hydrogen-bond donors (Lipinski definition) is 3. The van der Waals surface area contributed by atoms with Gasteiger partial charge in [-0.2, -0.15) is 18.6 Å². The van der Waals surface area contributed by atoms with E-state index >= 15 is 0 Å². The SMILES string of the molecule is Cc1[nH]nc(S(=O)(=O)Nc2cccnn2)c1CNC(C)C. The van der Waals surface area contributed by atoms with E-state index in [1.165, 1.54) is 12.3 Å². The molecule has 0 aromatic carbocycles. The number of nitrogens with zero attached hydrogens (tertiary/aromatic N) is 3. The summed E-state index contributed by atoms with van der Waals surface area (Å²) in [6, 6.07) is 3.36. The molecule has 2 aromatic heterocycles. The van der Waals surface area contributed by atoms with Crippen LogP contribution in [0.15, 0.2) is 23.4 Å². The number of H-pyrrole nitrogens is 1. The minimum atomic E-state index is -3.81. The molecule has 8 nitrogen and oxygen atoms in total. The summed E-state index contributed by atoms with van der Waals surface area (Å²) in [5, 5.41) is 17.1. The first-order chi connectivity index (χ1) is 9.90. The quantitative estimate of drug-likeness (QED) is 0.727. The summed E-state index contributed by atoms with van der Waals surface area (Å²) in [7, 11) is -3.81. The largest absolute Gasteiger partial charge is 0.310 e. The number of nitrogens with one attached hydrogen (secondary N) is 3. The van der Waals surface area contributed by atoms with Crippen molar-refractivity contribution in [3.8, 4) is 0 Å². The van der Waals surface area contributed by atoms with Gasteiger partial charge in [0.1, 0.15) is 0 Å². The van der Waals surface area contributed by atoms with Crippen LogP contribution >= 0.6 is 0 Å². The van der Waals surface area contributed by atoms with Gasteiger partial charge in [0.05, 0.1) is 0 Å². The van der Waals surface area contributed by atoms with Crippen LogP contribution in [0.5, 0.6) is 0 Å². The van der Waals surface area contributed by atoms with Gasteiger partial charge >= 0.3 is 0 Å². The van der Waals surface area contributed by atoms with Crippen LogP contribution in [-0.4, -0.2) is 34.9 Å². The Morgan fingerprint density at radius 3 is 2.76 bits per heavy atom. The van der Waals surface area contributed by atoms with Crippen molar-refractivity contribution in [3.63, 3.8) is 0 Å². The molecule has 0 radical (unpaired) electrons. The van der Waals surface area contributed by atoms with Gasteiger partial charge in [-0.3, -0.25) is 9.82 Å². The van der Waals surface area contributed by atoms with Crippen molar-refractivity contribution in [2.75, 3.05) is 4.72 Å². The van der Waals surface area contributed by atoms with Crippen LogP contribution < -0.4 is 10.0 Å². The van der Waals surface area contributed by atoms with E-state index in [-0.39, 0.29) is 16.9 Å². The third-order valence-electron chi connectivity index (χ3n) is 2.79. The molecule has 0 unspecified atom stereocenters. The highest BCUT2D eigenvalue weighted by molar-refractivity contribution is 7.92. The second kappa shape index (κ2) is 6.19. The predicted octanol–water partition coefficient (Wildman–Crippen LogP) is 0.807. The predicted molar refractivity (Wildman–Crippen MR) is 78.1 cm³/mol. The topological polar surface area (TPSA) is 113 Å². The van der Waals surface area contributed by atoms with E-state index in [1.54, 1.807) is 13.0 Å². The van der Waals surface area contributed by atoms with Gasteiger partial charge in [0, 0.05) is 30.0 Å². The molecule has 0 amide bonds.